The summed E-state index contributed by atoms with van der Waals surface area (Å²) in [5.74, 6) is 0. The fraction of sp³-hybridized carbons (Fsp3) is 0.538. The molecule has 1 unspecified atom stereocenters. The fourth-order valence-corrected chi connectivity index (χ4v) is 2.31. The SMILES string of the molecule is CCC(C)N1CCc2ccc([N+](=O)[O-])cc2C1. The first kappa shape index (κ1) is 12.0. The van der Waals surface area contributed by atoms with Crippen molar-refractivity contribution in [2.45, 2.75) is 39.3 Å². The molecule has 1 aliphatic rings. The van der Waals surface area contributed by atoms with E-state index in [9.17, 15) is 10.1 Å². The molecule has 1 atom stereocenters. The molecule has 1 heterocycles. The zero-order valence-electron chi connectivity index (χ0n) is 10.3. The summed E-state index contributed by atoms with van der Waals surface area (Å²) in [6.07, 6.45) is 2.11. The average Bonchev–Trinajstić information content (AvgIpc) is 2.36. The summed E-state index contributed by atoms with van der Waals surface area (Å²) >= 11 is 0. The Morgan fingerprint density at radius 3 is 2.88 bits per heavy atom. The number of non-ortho nitro benzene ring substituents is 1. The van der Waals surface area contributed by atoms with Gasteiger partial charge in [-0.2, -0.15) is 0 Å². The van der Waals surface area contributed by atoms with Crippen LogP contribution in [-0.2, 0) is 13.0 Å². The van der Waals surface area contributed by atoms with Gasteiger partial charge in [-0.3, -0.25) is 15.0 Å². The van der Waals surface area contributed by atoms with Crippen LogP contribution in [0.25, 0.3) is 0 Å². The van der Waals surface area contributed by atoms with Crippen molar-refractivity contribution >= 4 is 5.69 Å². The summed E-state index contributed by atoms with van der Waals surface area (Å²) in [6.45, 7) is 6.28. The Bertz CT molecular complexity index is 431. The van der Waals surface area contributed by atoms with Crippen molar-refractivity contribution in [2.75, 3.05) is 6.54 Å². The highest BCUT2D eigenvalue weighted by Crippen LogP contribution is 2.25. The van der Waals surface area contributed by atoms with Crippen LogP contribution in [0.2, 0.25) is 0 Å². The van der Waals surface area contributed by atoms with Crippen molar-refractivity contribution in [3.05, 3.63) is 39.4 Å². The fourth-order valence-electron chi connectivity index (χ4n) is 2.31. The smallest absolute Gasteiger partial charge is 0.269 e. The van der Waals surface area contributed by atoms with Gasteiger partial charge >= 0.3 is 0 Å². The van der Waals surface area contributed by atoms with Crippen molar-refractivity contribution in [3.63, 3.8) is 0 Å². The van der Waals surface area contributed by atoms with Crippen LogP contribution in [-0.4, -0.2) is 22.4 Å². The minimum absolute atomic E-state index is 0.203. The first-order valence-electron chi connectivity index (χ1n) is 6.12. The van der Waals surface area contributed by atoms with Crippen LogP contribution >= 0.6 is 0 Å². The van der Waals surface area contributed by atoms with E-state index in [2.05, 4.69) is 18.7 Å². The third kappa shape index (κ3) is 2.47. The number of benzene rings is 1. The number of nitrogens with zero attached hydrogens (tertiary/aromatic N) is 2. The van der Waals surface area contributed by atoms with Gasteiger partial charge < -0.3 is 0 Å². The highest BCUT2D eigenvalue weighted by molar-refractivity contribution is 5.41. The van der Waals surface area contributed by atoms with E-state index in [1.165, 1.54) is 5.56 Å². The lowest BCUT2D eigenvalue weighted by Crippen LogP contribution is -2.37. The summed E-state index contributed by atoms with van der Waals surface area (Å²) in [4.78, 5) is 12.8. The molecule has 4 heteroatoms. The Kier molecular flexibility index (Phi) is 3.43. The van der Waals surface area contributed by atoms with Crippen molar-refractivity contribution in [1.82, 2.24) is 4.90 Å². The lowest BCUT2D eigenvalue weighted by Gasteiger charge is -2.33. The average molecular weight is 234 g/mol. The molecule has 0 radical (unpaired) electrons. The summed E-state index contributed by atoms with van der Waals surface area (Å²) in [5.41, 5.74) is 2.58. The van der Waals surface area contributed by atoms with Crippen LogP contribution in [0, 0.1) is 10.1 Å². The molecule has 0 fully saturated rings. The summed E-state index contributed by atoms with van der Waals surface area (Å²) < 4.78 is 0. The molecule has 0 amide bonds. The van der Waals surface area contributed by atoms with Gasteiger partial charge in [0.05, 0.1) is 4.92 Å². The summed E-state index contributed by atoms with van der Waals surface area (Å²) in [6, 6.07) is 5.78. The van der Waals surface area contributed by atoms with E-state index in [0.29, 0.717) is 6.04 Å². The standard InChI is InChI=1S/C13H18N2O2/c1-3-10(2)14-7-6-11-4-5-13(15(16)17)8-12(11)9-14/h4-5,8,10H,3,6-7,9H2,1-2H3. The topological polar surface area (TPSA) is 46.4 Å². The summed E-state index contributed by atoms with van der Waals surface area (Å²) in [7, 11) is 0. The minimum atomic E-state index is -0.317. The molecule has 0 aliphatic carbocycles. The highest BCUT2D eigenvalue weighted by Gasteiger charge is 2.21. The van der Waals surface area contributed by atoms with Gasteiger partial charge in [0, 0.05) is 31.3 Å². The van der Waals surface area contributed by atoms with E-state index in [0.717, 1.165) is 31.5 Å². The van der Waals surface area contributed by atoms with Crippen molar-refractivity contribution < 1.29 is 4.92 Å². The number of hydrogen-bond donors (Lipinski definition) is 0. The van der Waals surface area contributed by atoms with Gasteiger partial charge in [0.1, 0.15) is 0 Å². The molecule has 0 aromatic heterocycles. The Balaban J connectivity index is 2.23. The van der Waals surface area contributed by atoms with Crippen molar-refractivity contribution in [2.24, 2.45) is 0 Å². The van der Waals surface area contributed by atoms with E-state index >= 15 is 0 Å². The van der Waals surface area contributed by atoms with Crippen LogP contribution in [0.4, 0.5) is 5.69 Å². The quantitative estimate of drug-likeness (QED) is 0.596. The Hall–Kier alpha value is -1.42. The molecule has 1 aromatic carbocycles. The molecule has 0 saturated carbocycles. The summed E-state index contributed by atoms with van der Waals surface area (Å²) in [5, 5.41) is 10.8. The molecule has 17 heavy (non-hydrogen) atoms. The van der Waals surface area contributed by atoms with E-state index in [1.807, 2.05) is 6.07 Å². The van der Waals surface area contributed by atoms with Crippen LogP contribution in [0.15, 0.2) is 18.2 Å². The van der Waals surface area contributed by atoms with Crippen molar-refractivity contribution in [3.8, 4) is 0 Å². The molecule has 92 valence electrons. The normalized spacial score (nSPS) is 17.5. The lowest BCUT2D eigenvalue weighted by molar-refractivity contribution is -0.385. The molecule has 0 saturated heterocycles. The zero-order valence-corrected chi connectivity index (χ0v) is 10.3. The molecule has 4 nitrogen and oxygen atoms in total. The lowest BCUT2D eigenvalue weighted by atomic mass is 9.97. The van der Waals surface area contributed by atoms with Gasteiger partial charge in [0.2, 0.25) is 0 Å². The zero-order chi connectivity index (χ0) is 12.4. The maximum Gasteiger partial charge on any atom is 0.269 e. The van der Waals surface area contributed by atoms with E-state index in [1.54, 1.807) is 12.1 Å². The molecule has 0 spiro atoms. The second-order valence-electron chi connectivity index (χ2n) is 4.69. The van der Waals surface area contributed by atoms with Gasteiger partial charge in [-0.1, -0.05) is 13.0 Å². The molecule has 0 bridgehead atoms. The predicted molar refractivity (Wildman–Crippen MR) is 67.0 cm³/mol. The van der Waals surface area contributed by atoms with Gasteiger partial charge in [0.25, 0.3) is 5.69 Å². The Morgan fingerprint density at radius 2 is 2.24 bits per heavy atom. The predicted octanol–water partition coefficient (Wildman–Crippen LogP) is 2.75. The highest BCUT2D eigenvalue weighted by atomic mass is 16.6. The van der Waals surface area contributed by atoms with E-state index < -0.39 is 0 Å². The first-order valence-corrected chi connectivity index (χ1v) is 6.12. The van der Waals surface area contributed by atoms with Crippen LogP contribution < -0.4 is 0 Å². The third-order valence-corrected chi connectivity index (χ3v) is 3.66. The monoisotopic (exact) mass is 234 g/mol. The third-order valence-electron chi connectivity index (χ3n) is 3.66. The van der Waals surface area contributed by atoms with Gasteiger partial charge in [-0.05, 0) is 30.9 Å². The maximum absolute atomic E-state index is 10.8. The number of nitro groups is 1. The van der Waals surface area contributed by atoms with Gasteiger partial charge in [0.15, 0.2) is 0 Å². The molecular weight excluding hydrogens is 216 g/mol. The molecule has 0 N–H and O–H groups in total. The number of hydrogen-bond acceptors (Lipinski definition) is 3. The van der Waals surface area contributed by atoms with Crippen LogP contribution in [0.5, 0.6) is 0 Å². The second-order valence-corrected chi connectivity index (χ2v) is 4.69. The number of fused-ring (bicyclic) bond motifs is 1. The minimum Gasteiger partial charge on any atom is -0.296 e. The van der Waals surface area contributed by atoms with Gasteiger partial charge in [-0.15, -0.1) is 0 Å². The Labute approximate surface area is 101 Å². The Morgan fingerprint density at radius 1 is 1.47 bits per heavy atom. The number of nitro benzene ring substituents is 1. The molecular formula is C13H18N2O2. The van der Waals surface area contributed by atoms with E-state index in [4.69, 9.17) is 0 Å². The van der Waals surface area contributed by atoms with E-state index in [-0.39, 0.29) is 10.6 Å². The van der Waals surface area contributed by atoms with Crippen LogP contribution in [0.3, 0.4) is 0 Å². The molecule has 1 aliphatic heterocycles. The maximum atomic E-state index is 10.8. The van der Waals surface area contributed by atoms with Crippen LogP contribution in [0.1, 0.15) is 31.4 Å². The second kappa shape index (κ2) is 4.84. The first-order chi connectivity index (χ1) is 8.11. The molecule has 1 aromatic rings. The van der Waals surface area contributed by atoms with Gasteiger partial charge in [-0.25, -0.2) is 0 Å². The number of rotatable bonds is 3. The van der Waals surface area contributed by atoms with Crippen molar-refractivity contribution in [1.29, 1.82) is 0 Å². The molecule has 2 rings (SSSR count). The largest absolute Gasteiger partial charge is 0.296 e.